The van der Waals surface area contributed by atoms with Gasteiger partial charge in [0.1, 0.15) is 0 Å². The summed E-state index contributed by atoms with van der Waals surface area (Å²) in [5, 5.41) is 9.34. The third-order valence-corrected chi connectivity index (χ3v) is 5.32. The maximum absolute atomic E-state index is 12.4. The Kier molecular flexibility index (Phi) is 3.49. The van der Waals surface area contributed by atoms with Crippen molar-refractivity contribution in [2.45, 2.75) is 43.5 Å². The number of sulfonamides is 1. The summed E-state index contributed by atoms with van der Waals surface area (Å²) < 4.78 is 27.4. The molecule has 5 heteroatoms. The van der Waals surface area contributed by atoms with E-state index in [1.165, 1.54) is 0 Å². The molecule has 0 spiro atoms. The third kappa shape index (κ3) is 2.43. The van der Waals surface area contributed by atoms with Crippen molar-refractivity contribution in [1.29, 1.82) is 0 Å². The van der Waals surface area contributed by atoms with Crippen LogP contribution in [-0.4, -0.2) is 25.7 Å². The van der Waals surface area contributed by atoms with Gasteiger partial charge in [0.05, 0.1) is 17.0 Å². The highest BCUT2D eigenvalue weighted by Crippen LogP contribution is 2.33. The van der Waals surface area contributed by atoms with E-state index in [-0.39, 0.29) is 6.61 Å². The zero-order valence-corrected chi connectivity index (χ0v) is 11.5. The third-order valence-electron chi connectivity index (χ3n) is 3.60. The molecule has 2 N–H and O–H groups in total. The fourth-order valence-corrected chi connectivity index (χ4v) is 4.01. The quantitative estimate of drug-likeness (QED) is 0.870. The van der Waals surface area contributed by atoms with Crippen molar-refractivity contribution >= 4 is 10.0 Å². The lowest BCUT2D eigenvalue weighted by atomic mass is 9.78. The van der Waals surface area contributed by atoms with Gasteiger partial charge in [-0.3, -0.25) is 0 Å². The molecule has 0 unspecified atom stereocenters. The van der Waals surface area contributed by atoms with E-state index in [9.17, 15) is 13.5 Å². The first kappa shape index (κ1) is 13.5. The molecule has 0 aliphatic heterocycles. The van der Waals surface area contributed by atoms with Gasteiger partial charge in [0.2, 0.25) is 10.0 Å². The molecule has 2 rings (SSSR count). The molecule has 0 bridgehead atoms. The first-order valence-corrected chi connectivity index (χ1v) is 7.59. The first-order valence-electron chi connectivity index (χ1n) is 6.11. The SMILES string of the molecule is Cc1ccc(C)c(S(=O)(=O)NC2(CO)CCC2)c1. The van der Waals surface area contributed by atoms with Gasteiger partial charge < -0.3 is 5.11 Å². The first-order chi connectivity index (χ1) is 8.38. The summed E-state index contributed by atoms with van der Waals surface area (Å²) in [4.78, 5) is 0.308. The lowest BCUT2D eigenvalue weighted by molar-refractivity contribution is 0.110. The molecule has 0 atom stereocenters. The molecule has 0 saturated heterocycles. The van der Waals surface area contributed by atoms with Crippen LogP contribution in [0.3, 0.4) is 0 Å². The minimum atomic E-state index is -3.55. The van der Waals surface area contributed by atoms with Crippen molar-refractivity contribution in [2.75, 3.05) is 6.61 Å². The highest BCUT2D eigenvalue weighted by Gasteiger charge is 2.40. The average Bonchev–Trinajstić information content (AvgIpc) is 2.27. The van der Waals surface area contributed by atoms with E-state index in [1.807, 2.05) is 13.0 Å². The van der Waals surface area contributed by atoms with Crippen LogP contribution in [0.2, 0.25) is 0 Å². The Labute approximate surface area is 108 Å². The Morgan fingerprint density at radius 2 is 2.00 bits per heavy atom. The number of aliphatic hydroxyl groups is 1. The van der Waals surface area contributed by atoms with Crippen molar-refractivity contribution < 1.29 is 13.5 Å². The number of benzene rings is 1. The van der Waals surface area contributed by atoms with E-state index in [1.54, 1.807) is 19.1 Å². The summed E-state index contributed by atoms with van der Waals surface area (Å²) in [5.41, 5.74) is 0.989. The van der Waals surface area contributed by atoms with Crippen LogP contribution >= 0.6 is 0 Å². The van der Waals surface area contributed by atoms with Crippen LogP contribution < -0.4 is 4.72 Å². The Balaban J connectivity index is 2.33. The van der Waals surface area contributed by atoms with Gasteiger partial charge >= 0.3 is 0 Å². The molecule has 100 valence electrons. The van der Waals surface area contributed by atoms with E-state index >= 15 is 0 Å². The van der Waals surface area contributed by atoms with Crippen LogP contribution in [-0.2, 0) is 10.0 Å². The van der Waals surface area contributed by atoms with Crippen LogP contribution in [0.4, 0.5) is 0 Å². The van der Waals surface area contributed by atoms with Crippen molar-refractivity contribution in [1.82, 2.24) is 4.72 Å². The lowest BCUT2D eigenvalue weighted by Crippen LogP contribution is -2.56. The van der Waals surface area contributed by atoms with Gasteiger partial charge in [0.25, 0.3) is 0 Å². The highest BCUT2D eigenvalue weighted by molar-refractivity contribution is 7.89. The van der Waals surface area contributed by atoms with Crippen LogP contribution in [0.5, 0.6) is 0 Å². The Bertz CT molecular complexity index is 542. The summed E-state index contributed by atoms with van der Waals surface area (Å²) >= 11 is 0. The topological polar surface area (TPSA) is 66.4 Å². The Morgan fingerprint density at radius 3 is 2.50 bits per heavy atom. The van der Waals surface area contributed by atoms with Crippen molar-refractivity contribution in [3.05, 3.63) is 29.3 Å². The molecule has 1 aliphatic rings. The predicted molar refractivity (Wildman–Crippen MR) is 69.9 cm³/mol. The molecule has 1 aromatic carbocycles. The highest BCUT2D eigenvalue weighted by atomic mass is 32.2. The van der Waals surface area contributed by atoms with E-state index in [4.69, 9.17) is 0 Å². The summed E-state index contributed by atoms with van der Waals surface area (Å²) in [6, 6.07) is 5.36. The van der Waals surface area contributed by atoms with Crippen molar-refractivity contribution in [2.24, 2.45) is 0 Å². The number of nitrogens with one attached hydrogen (secondary N) is 1. The smallest absolute Gasteiger partial charge is 0.241 e. The van der Waals surface area contributed by atoms with Crippen LogP contribution in [0.15, 0.2) is 23.1 Å². The monoisotopic (exact) mass is 269 g/mol. The minimum Gasteiger partial charge on any atom is -0.394 e. The Morgan fingerprint density at radius 1 is 1.33 bits per heavy atom. The number of aryl methyl sites for hydroxylation is 2. The second kappa shape index (κ2) is 4.64. The molecule has 18 heavy (non-hydrogen) atoms. The second-order valence-electron chi connectivity index (χ2n) is 5.17. The average molecular weight is 269 g/mol. The lowest BCUT2D eigenvalue weighted by Gasteiger charge is -2.40. The van der Waals surface area contributed by atoms with Crippen molar-refractivity contribution in [3.8, 4) is 0 Å². The van der Waals surface area contributed by atoms with E-state index < -0.39 is 15.6 Å². The molecule has 1 saturated carbocycles. The molecule has 4 nitrogen and oxygen atoms in total. The van der Waals surface area contributed by atoms with Gasteiger partial charge in [-0.25, -0.2) is 13.1 Å². The molecule has 1 fully saturated rings. The molecule has 0 amide bonds. The predicted octanol–water partition coefficient (Wildman–Crippen LogP) is 1.50. The fourth-order valence-electron chi connectivity index (χ4n) is 2.23. The number of aliphatic hydroxyl groups excluding tert-OH is 1. The van der Waals surface area contributed by atoms with Gasteiger partial charge in [-0.1, -0.05) is 12.1 Å². The van der Waals surface area contributed by atoms with Gasteiger partial charge in [0, 0.05) is 0 Å². The van der Waals surface area contributed by atoms with Gasteiger partial charge in [0.15, 0.2) is 0 Å². The Hall–Kier alpha value is -0.910. The second-order valence-corrected chi connectivity index (χ2v) is 6.82. The van der Waals surface area contributed by atoms with Gasteiger partial charge in [-0.05, 0) is 50.3 Å². The normalized spacial score (nSPS) is 18.4. The molecule has 1 aliphatic carbocycles. The standard InChI is InChI=1S/C13H19NO3S/c1-10-4-5-11(2)12(8-10)18(16,17)14-13(9-15)6-3-7-13/h4-5,8,14-15H,3,6-7,9H2,1-2H3. The van der Waals surface area contributed by atoms with Crippen molar-refractivity contribution in [3.63, 3.8) is 0 Å². The van der Waals surface area contributed by atoms with Gasteiger partial charge in [-0.15, -0.1) is 0 Å². The molecular weight excluding hydrogens is 250 g/mol. The van der Waals surface area contributed by atoms with E-state index in [2.05, 4.69) is 4.72 Å². The zero-order chi connectivity index (χ0) is 13.4. The zero-order valence-electron chi connectivity index (χ0n) is 10.7. The molecule has 0 aromatic heterocycles. The van der Waals surface area contributed by atoms with Crippen LogP contribution in [0.25, 0.3) is 0 Å². The number of rotatable bonds is 4. The molecule has 1 aromatic rings. The molecular formula is C13H19NO3S. The summed E-state index contributed by atoms with van der Waals surface area (Å²) in [6.45, 7) is 3.50. The fraction of sp³-hybridized carbons (Fsp3) is 0.538. The summed E-state index contributed by atoms with van der Waals surface area (Å²) in [7, 11) is -3.55. The van der Waals surface area contributed by atoms with Gasteiger partial charge in [-0.2, -0.15) is 0 Å². The van der Waals surface area contributed by atoms with Crippen LogP contribution in [0, 0.1) is 13.8 Å². The maximum Gasteiger partial charge on any atom is 0.241 e. The number of hydrogen-bond acceptors (Lipinski definition) is 3. The largest absolute Gasteiger partial charge is 0.394 e. The van der Waals surface area contributed by atoms with E-state index in [0.717, 1.165) is 17.5 Å². The van der Waals surface area contributed by atoms with E-state index in [0.29, 0.717) is 17.7 Å². The minimum absolute atomic E-state index is 0.142. The maximum atomic E-state index is 12.4. The summed E-state index contributed by atoms with van der Waals surface area (Å²) in [6.07, 6.45) is 2.36. The summed E-state index contributed by atoms with van der Waals surface area (Å²) in [5.74, 6) is 0. The van der Waals surface area contributed by atoms with Crippen LogP contribution in [0.1, 0.15) is 30.4 Å². The number of hydrogen-bond donors (Lipinski definition) is 2. The molecule has 0 heterocycles. The molecule has 0 radical (unpaired) electrons.